The summed E-state index contributed by atoms with van der Waals surface area (Å²) in [6, 6.07) is 17.9. The zero-order valence-corrected chi connectivity index (χ0v) is 14.6. The number of carbonyl (C=O) groups excluding carboxylic acids is 2. The molecule has 2 rings (SSSR count). The molecule has 0 aromatic heterocycles. The summed E-state index contributed by atoms with van der Waals surface area (Å²) in [7, 11) is 1.65. The van der Waals surface area contributed by atoms with Crippen molar-refractivity contribution in [2.45, 2.75) is 26.8 Å². The molecule has 126 valence electrons. The molecular weight excluding hydrogens is 300 g/mol. The van der Waals surface area contributed by atoms with E-state index in [0.717, 1.165) is 0 Å². The zero-order chi connectivity index (χ0) is 17.7. The number of carbonyl (C=O) groups is 2. The minimum atomic E-state index is -0.201. The van der Waals surface area contributed by atoms with Gasteiger partial charge in [0.2, 0.25) is 0 Å². The number of hydrogen-bond donors (Lipinski definition) is 0. The summed E-state index contributed by atoms with van der Waals surface area (Å²) in [6.07, 6.45) is 0. The SMILES string of the molecule is CC(C)C(C)N(C(=O)c1ccccc1)N(C)C(=O)c1ccccc1. The number of hydrazine groups is 1. The summed E-state index contributed by atoms with van der Waals surface area (Å²) >= 11 is 0. The van der Waals surface area contributed by atoms with Gasteiger partial charge in [0, 0.05) is 18.2 Å². The molecular formula is C20H24N2O2. The Morgan fingerprint density at radius 1 is 0.750 bits per heavy atom. The molecule has 24 heavy (non-hydrogen) atoms. The summed E-state index contributed by atoms with van der Waals surface area (Å²) < 4.78 is 0. The fraction of sp³-hybridized carbons (Fsp3) is 0.300. The highest BCUT2D eigenvalue weighted by Crippen LogP contribution is 2.18. The van der Waals surface area contributed by atoms with Gasteiger partial charge in [-0.15, -0.1) is 0 Å². The molecule has 1 unspecified atom stereocenters. The van der Waals surface area contributed by atoms with E-state index in [1.165, 1.54) is 5.01 Å². The average Bonchev–Trinajstić information content (AvgIpc) is 2.62. The normalized spacial score (nSPS) is 11.9. The quantitative estimate of drug-likeness (QED) is 0.801. The highest BCUT2D eigenvalue weighted by molar-refractivity contribution is 5.99. The van der Waals surface area contributed by atoms with Crippen molar-refractivity contribution in [2.24, 2.45) is 5.92 Å². The molecule has 0 radical (unpaired) electrons. The van der Waals surface area contributed by atoms with E-state index in [0.29, 0.717) is 11.1 Å². The van der Waals surface area contributed by atoms with Gasteiger partial charge in [-0.2, -0.15) is 0 Å². The Kier molecular flexibility index (Phi) is 5.74. The van der Waals surface area contributed by atoms with E-state index in [1.807, 2.05) is 57.2 Å². The van der Waals surface area contributed by atoms with Gasteiger partial charge in [0.25, 0.3) is 11.8 Å². The van der Waals surface area contributed by atoms with Crippen molar-refractivity contribution in [3.63, 3.8) is 0 Å². The van der Waals surface area contributed by atoms with E-state index in [9.17, 15) is 9.59 Å². The van der Waals surface area contributed by atoms with Crippen LogP contribution in [-0.4, -0.2) is 34.9 Å². The van der Waals surface area contributed by atoms with Crippen LogP contribution in [0.3, 0.4) is 0 Å². The largest absolute Gasteiger partial charge is 0.272 e. The van der Waals surface area contributed by atoms with Crippen molar-refractivity contribution >= 4 is 11.8 Å². The molecule has 0 fully saturated rings. The fourth-order valence-corrected chi connectivity index (χ4v) is 2.46. The molecule has 2 amide bonds. The number of hydrogen-bond acceptors (Lipinski definition) is 2. The van der Waals surface area contributed by atoms with E-state index < -0.39 is 0 Å². The molecule has 0 bridgehead atoms. The van der Waals surface area contributed by atoms with Crippen LogP contribution < -0.4 is 0 Å². The van der Waals surface area contributed by atoms with Crippen LogP contribution >= 0.6 is 0 Å². The Hall–Kier alpha value is -2.62. The van der Waals surface area contributed by atoms with Crippen molar-refractivity contribution < 1.29 is 9.59 Å². The predicted molar refractivity (Wildman–Crippen MR) is 95.4 cm³/mol. The minimum absolute atomic E-state index is 0.115. The van der Waals surface area contributed by atoms with Gasteiger partial charge in [0.1, 0.15) is 0 Å². The molecule has 4 heteroatoms. The van der Waals surface area contributed by atoms with Crippen LogP contribution in [0.1, 0.15) is 41.5 Å². The Morgan fingerprint density at radius 3 is 1.58 bits per heavy atom. The maximum Gasteiger partial charge on any atom is 0.272 e. The summed E-state index contributed by atoms with van der Waals surface area (Å²) in [6.45, 7) is 6.04. The Morgan fingerprint density at radius 2 is 1.17 bits per heavy atom. The highest BCUT2D eigenvalue weighted by Gasteiger charge is 2.30. The van der Waals surface area contributed by atoms with E-state index >= 15 is 0 Å². The number of benzene rings is 2. The molecule has 0 saturated carbocycles. The van der Waals surface area contributed by atoms with Gasteiger partial charge < -0.3 is 0 Å². The second-order valence-electron chi connectivity index (χ2n) is 6.20. The third kappa shape index (κ3) is 3.82. The monoisotopic (exact) mass is 324 g/mol. The van der Waals surface area contributed by atoms with Crippen LogP contribution in [0.4, 0.5) is 0 Å². The first kappa shape index (κ1) is 17.7. The molecule has 0 aliphatic rings. The molecule has 2 aromatic carbocycles. The second-order valence-corrected chi connectivity index (χ2v) is 6.20. The minimum Gasteiger partial charge on any atom is -0.267 e. The van der Waals surface area contributed by atoms with Crippen LogP contribution in [-0.2, 0) is 0 Å². The van der Waals surface area contributed by atoms with E-state index in [4.69, 9.17) is 0 Å². The van der Waals surface area contributed by atoms with Gasteiger partial charge in [-0.3, -0.25) is 9.59 Å². The maximum atomic E-state index is 13.0. The van der Waals surface area contributed by atoms with Crippen molar-refractivity contribution in [2.75, 3.05) is 7.05 Å². The zero-order valence-electron chi connectivity index (χ0n) is 14.6. The molecule has 1 atom stereocenters. The molecule has 0 aliphatic heterocycles. The molecule has 2 aromatic rings. The Labute approximate surface area is 143 Å². The van der Waals surface area contributed by atoms with Crippen molar-refractivity contribution in [1.82, 2.24) is 10.0 Å². The summed E-state index contributed by atoms with van der Waals surface area (Å²) in [4.78, 5) is 25.8. The van der Waals surface area contributed by atoms with Crippen LogP contribution in [0.25, 0.3) is 0 Å². The van der Waals surface area contributed by atoms with Crippen LogP contribution in [0, 0.1) is 5.92 Å². The maximum absolute atomic E-state index is 13.0. The Balaban J connectivity index is 2.36. The molecule has 4 nitrogen and oxygen atoms in total. The lowest BCUT2D eigenvalue weighted by atomic mass is 10.0. The molecule has 0 N–H and O–H groups in total. The highest BCUT2D eigenvalue weighted by atomic mass is 16.2. The van der Waals surface area contributed by atoms with Gasteiger partial charge in [-0.1, -0.05) is 50.2 Å². The van der Waals surface area contributed by atoms with E-state index in [1.54, 1.807) is 36.3 Å². The molecule has 0 spiro atoms. The summed E-state index contributed by atoms with van der Waals surface area (Å²) in [5, 5.41) is 2.98. The molecule has 0 saturated heterocycles. The van der Waals surface area contributed by atoms with Gasteiger partial charge in [0.05, 0.1) is 6.04 Å². The molecule has 0 heterocycles. The van der Waals surface area contributed by atoms with Crippen molar-refractivity contribution in [3.05, 3.63) is 71.8 Å². The topological polar surface area (TPSA) is 40.6 Å². The molecule has 0 aliphatic carbocycles. The Bertz CT molecular complexity index is 683. The third-order valence-corrected chi connectivity index (χ3v) is 4.22. The second kappa shape index (κ2) is 7.77. The van der Waals surface area contributed by atoms with Crippen LogP contribution in [0.5, 0.6) is 0 Å². The van der Waals surface area contributed by atoms with Gasteiger partial charge >= 0.3 is 0 Å². The first-order chi connectivity index (χ1) is 11.4. The van der Waals surface area contributed by atoms with Gasteiger partial charge in [-0.05, 0) is 37.1 Å². The lowest BCUT2D eigenvalue weighted by Gasteiger charge is -2.38. The first-order valence-corrected chi connectivity index (χ1v) is 8.15. The summed E-state index contributed by atoms with van der Waals surface area (Å²) in [5.41, 5.74) is 1.12. The average molecular weight is 324 g/mol. The van der Waals surface area contributed by atoms with E-state index in [-0.39, 0.29) is 23.8 Å². The summed E-state index contributed by atoms with van der Waals surface area (Å²) in [5.74, 6) is -0.167. The number of nitrogens with zero attached hydrogens (tertiary/aromatic N) is 2. The lowest BCUT2D eigenvalue weighted by molar-refractivity contribution is -0.0165. The standard InChI is InChI=1S/C20H24N2O2/c1-15(2)16(3)22(20(24)18-13-9-6-10-14-18)21(4)19(23)17-11-7-5-8-12-17/h5-16H,1-4H3. The first-order valence-electron chi connectivity index (χ1n) is 8.15. The smallest absolute Gasteiger partial charge is 0.267 e. The van der Waals surface area contributed by atoms with Crippen molar-refractivity contribution in [3.8, 4) is 0 Å². The lowest BCUT2D eigenvalue weighted by Crippen LogP contribution is -2.53. The van der Waals surface area contributed by atoms with Crippen LogP contribution in [0.2, 0.25) is 0 Å². The van der Waals surface area contributed by atoms with Crippen LogP contribution in [0.15, 0.2) is 60.7 Å². The third-order valence-electron chi connectivity index (χ3n) is 4.22. The fourth-order valence-electron chi connectivity index (χ4n) is 2.46. The van der Waals surface area contributed by atoms with Gasteiger partial charge in [-0.25, -0.2) is 10.0 Å². The van der Waals surface area contributed by atoms with Crippen molar-refractivity contribution in [1.29, 1.82) is 0 Å². The number of amides is 2. The predicted octanol–water partition coefficient (Wildman–Crippen LogP) is 3.86. The van der Waals surface area contributed by atoms with E-state index in [2.05, 4.69) is 0 Å². The number of rotatable bonds is 4. The van der Waals surface area contributed by atoms with Gasteiger partial charge in [0.15, 0.2) is 0 Å².